The number of hydrogen-bond acceptors (Lipinski definition) is 6. The van der Waals surface area contributed by atoms with E-state index < -0.39 is 34.0 Å². The Hall–Kier alpha value is -3.34. The van der Waals surface area contributed by atoms with Gasteiger partial charge >= 0.3 is 5.97 Å². The molecule has 3 atom stereocenters. The number of thiol groups is 1. The predicted molar refractivity (Wildman–Crippen MR) is 145 cm³/mol. The Morgan fingerprint density at radius 1 is 1.11 bits per heavy atom. The number of nitrogens with zero attached hydrogens (tertiary/aromatic N) is 1. The van der Waals surface area contributed by atoms with Crippen molar-refractivity contribution in [3.8, 4) is 0 Å². The smallest absolute Gasteiger partial charge is 0.328 e. The summed E-state index contributed by atoms with van der Waals surface area (Å²) in [7, 11) is -2.74. The monoisotopic (exact) mass is 537 g/mol. The fraction of sp³-hybridized carbons (Fsp3) is 0.259. The molecule has 2 N–H and O–H groups in total. The van der Waals surface area contributed by atoms with Crippen LogP contribution in [0.25, 0.3) is 21.7 Å². The molecule has 1 unspecified atom stereocenters. The van der Waals surface area contributed by atoms with Crippen LogP contribution in [0, 0.1) is 0 Å². The van der Waals surface area contributed by atoms with E-state index in [4.69, 9.17) is 4.74 Å². The minimum Gasteiger partial charge on any atom is -0.467 e. The van der Waals surface area contributed by atoms with Crippen LogP contribution in [0.1, 0.15) is 12.0 Å². The molecular weight excluding hydrogens is 510 g/mol. The maximum absolute atomic E-state index is 13.6. The van der Waals surface area contributed by atoms with Gasteiger partial charge in [0, 0.05) is 35.3 Å². The van der Waals surface area contributed by atoms with Crippen molar-refractivity contribution in [1.82, 2.24) is 14.6 Å². The third-order valence-corrected chi connectivity index (χ3v) is 9.01. The third-order valence-electron chi connectivity index (χ3n) is 6.76. The number of sulfonamides is 1. The second-order valence-electron chi connectivity index (χ2n) is 9.14. The van der Waals surface area contributed by atoms with Crippen molar-refractivity contribution in [2.24, 2.45) is 0 Å². The summed E-state index contributed by atoms with van der Waals surface area (Å²) in [5.41, 5.74) is 1.75. The summed E-state index contributed by atoms with van der Waals surface area (Å²) in [6.45, 7) is 0.0850. The number of aromatic amines is 1. The molecule has 1 aliphatic heterocycles. The molecule has 5 rings (SSSR count). The molecule has 3 aromatic carbocycles. The first-order valence-electron chi connectivity index (χ1n) is 11.9. The van der Waals surface area contributed by atoms with Crippen molar-refractivity contribution in [3.63, 3.8) is 0 Å². The summed E-state index contributed by atoms with van der Waals surface area (Å²) in [6, 6.07) is 18.0. The molecule has 1 fully saturated rings. The van der Waals surface area contributed by atoms with Gasteiger partial charge in [-0.2, -0.15) is 16.9 Å². The number of hydrogen-bond donors (Lipinski definition) is 3. The molecule has 2 heterocycles. The highest BCUT2D eigenvalue weighted by Crippen LogP contribution is 2.30. The topological polar surface area (TPSA) is 109 Å². The van der Waals surface area contributed by atoms with Gasteiger partial charge in [0.2, 0.25) is 15.9 Å². The first kappa shape index (κ1) is 25.3. The molecule has 1 saturated heterocycles. The zero-order valence-electron chi connectivity index (χ0n) is 20.1. The molecule has 4 aromatic rings. The molecule has 37 heavy (non-hydrogen) atoms. The molecule has 1 aliphatic rings. The van der Waals surface area contributed by atoms with Crippen LogP contribution in [-0.2, 0) is 30.8 Å². The van der Waals surface area contributed by atoms with Gasteiger partial charge in [0.25, 0.3) is 0 Å². The van der Waals surface area contributed by atoms with Gasteiger partial charge in [-0.05, 0) is 41.0 Å². The van der Waals surface area contributed by atoms with Gasteiger partial charge in [-0.25, -0.2) is 13.2 Å². The number of ether oxygens (including phenoxy) is 1. The molecule has 0 radical (unpaired) electrons. The number of methoxy groups -OCH3 is 1. The van der Waals surface area contributed by atoms with E-state index in [1.165, 1.54) is 11.4 Å². The standard InChI is InChI=1S/C27H27N3O5S2/c1-35-27(32)24(13-19-15-28-23-9-5-4-8-22(19)23)29-26(31)25-14-20(36)16-30(25)37(33,34)21-11-10-17-6-2-3-7-18(17)12-21/h2-12,15,20,24-25,28,36H,13-14,16H2,1H3,(H,29,31)/t20-,24?,25+/m1/s1. The molecule has 0 bridgehead atoms. The Balaban J connectivity index is 1.40. The van der Waals surface area contributed by atoms with E-state index in [1.807, 2.05) is 48.5 Å². The second-order valence-corrected chi connectivity index (χ2v) is 11.8. The molecule has 192 valence electrons. The number of aromatic nitrogens is 1. The highest BCUT2D eigenvalue weighted by Gasteiger charge is 2.44. The molecule has 8 nitrogen and oxygen atoms in total. The number of esters is 1. The van der Waals surface area contributed by atoms with Crippen LogP contribution in [0.2, 0.25) is 0 Å². The third kappa shape index (κ3) is 4.96. The SMILES string of the molecule is COC(=O)C(Cc1c[nH]c2ccccc12)NC(=O)[C@@H]1C[C@@H](S)CN1S(=O)(=O)c1ccc2ccccc2c1. The summed E-state index contributed by atoms with van der Waals surface area (Å²) in [5, 5.41) is 5.07. The van der Waals surface area contributed by atoms with Crippen LogP contribution in [0.4, 0.5) is 0 Å². The van der Waals surface area contributed by atoms with Crippen LogP contribution in [0.15, 0.2) is 77.8 Å². The maximum Gasteiger partial charge on any atom is 0.328 e. The van der Waals surface area contributed by atoms with Gasteiger partial charge < -0.3 is 15.0 Å². The molecule has 0 aliphatic carbocycles. The average molecular weight is 538 g/mol. The summed E-state index contributed by atoms with van der Waals surface area (Å²) in [6.07, 6.45) is 2.21. The minimum atomic E-state index is -4.00. The Labute approximate surface area is 220 Å². The van der Waals surface area contributed by atoms with E-state index in [1.54, 1.807) is 24.4 Å². The maximum atomic E-state index is 13.6. The number of fused-ring (bicyclic) bond motifs is 2. The fourth-order valence-electron chi connectivity index (χ4n) is 4.88. The van der Waals surface area contributed by atoms with E-state index in [2.05, 4.69) is 22.9 Å². The van der Waals surface area contributed by atoms with Crippen LogP contribution in [0.5, 0.6) is 0 Å². The van der Waals surface area contributed by atoms with Gasteiger partial charge in [0.1, 0.15) is 12.1 Å². The zero-order valence-corrected chi connectivity index (χ0v) is 21.8. The van der Waals surface area contributed by atoms with Gasteiger partial charge in [-0.1, -0.05) is 48.5 Å². The number of nitrogens with one attached hydrogen (secondary N) is 2. The second kappa shape index (κ2) is 10.2. The van der Waals surface area contributed by atoms with Crippen LogP contribution in [-0.4, -0.2) is 60.6 Å². The highest BCUT2D eigenvalue weighted by atomic mass is 32.2. The van der Waals surface area contributed by atoms with Crippen molar-refractivity contribution in [2.45, 2.75) is 35.1 Å². The lowest BCUT2D eigenvalue weighted by Gasteiger charge is -2.25. The molecule has 1 aromatic heterocycles. The number of rotatable bonds is 7. The number of para-hydroxylation sites is 1. The Kier molecular flexibility index (Phi) is 6.98. The largest absolute Gasteiger partial charge is 0.467 e. The summed E-state index contributed by atoms with van der Waals surface area (Å²) in [5.74, 6) is -1.17. The lowest BCUT2D eigenvalue weighted by molar-refractivity contribution is -0.145. The number of carbonyl (C=O) groups is 2. The van der Waals surface area contributed by atoms with E-state index in [9.17, 15) is 18.0 Å². The van der Waals surface area contributed by atoms with Crippen LogP contribution in [0.3, 0.4) is 0 Å². The van der Waals surface area contributed by atoms with Gasteiger partial charge in [-0.15, -0.1) is 0 Å². The van der Waals surface area contributed by atoms with E-state index in [0.717, 1.165) is 27.2 Å². The van der Waals surface area contributed by atoms with Crippen molar-refractivity contribution in [2.75, 3.05) is 13.7 Å². The molecule has 1 amide bonds. The van der Waals surface area contributed by atoms with Gasteiger partial charge in [0.15, 0.2) is 0 Å². The molecule has 0 spiro atoms. The predicted octanol–water partition coefficient (Wildman–Crippen LogP) is 3.28. The molecular formula is C27H27N3O5S2. The van der Waals surface area contributed by atoms with Crippen molar-refractivity contribution >= 4 is 56.2 Å². The fourth-order valence-corrected chi connectivity index (χ4v) is 7.04. The number of carbonyl (C=O) groups excluding carboxylic acids is 2. The normalized spacial score (nSPS) is 19.2. The Bertz CT molecular complexity index is 1580. The Morgan fingerprint density at radius 2 is 1.84 bits per heavy atom. The average Bonchev–Trinajstić information content (AvgIpc) is 3.51. The molecule has 10 heteroatoms. The van der Waals surface area contributed by atoms with Crippen molar-refractivity contribution in [3.05, 3.63) is 78.5 Å². The van der Waals surface area contributed by atoms with E-state index >= 15 is 0 Å². The lowest BCUT2D eigenvalue weighted by Crippen LogP contribution is -2.51. The van der Waals surface area contributed by atoms with Crippen LogP contribution < -0.4 is 5.32 Å². The van der Waals surface area contributed by atoms with Crippen LogP contribution >= 0.6 is 12.6 Å². The zero-order chi connectivity index (χ0) is 26.2. The summed E-state index contributed by atoms with van der Waals surface area (Å²) < 4.78 is 33.4. The first-order valence-corrected chi connectivity index (χ1v) is 13.9. The van der Waals surface area contributed by atoms with Gasteiger partial charge in [-0.3, -0.25) is 4.79 Å². The highest BCUT2D eigenvalue weighted by molar-refractivity contribution is 7.89. The van der Waals surface area contributed by atoms with Gasteiger partial charge in [0.05, 0.1) is 12.0 Å². The van der Waals surface area contributed by atoms with Crippen molar-refractivity contribution < 1.29 is 22.7 Å². The number of H-pyrrole nitrogens is 1. The number of benzene rings is 3. The molecule has 0 saturated carbocycles. The first-order chi connectivity index (χ1) is 17.8. The van der Waals surface area contributed by atoms with E-state index in [0.29, 0.717) is 0 Å². The lowest BCUT2D eigenvalue weighted by atomic mass is 10.0. The van der Waals surface area contributed by atoms with E-state index in [-0.39, 0.29) is 29.5 Å². The summed E-state index contributed by atoms with van der Waals surface area (Å²) in [4.78, 5) is 29.3. The quantitative estimate of drug-likeness (QED) is 0.248. The van der Waals surface area contributed by atoms with Crippen molar-refractivity contribution in [1.29, 1.82) is 0 Å². The summed E-state index contributed by atoms with van der Waals surface area (Å²) >= 11 is 4.49. The number of amides is 1. The minimum absolute atomic E-state index is 0.0850. The Morgan fingerprint density at radius 3 is 2.62 bits per heavy atom.